The van der Waals surface area contributed by atoms with Gasteiger partial charge in [-0.25, -0.2) is 19.8 Å². The normalized spacial score (nSPS) is 11.6. The van der Waals surface area contributed by atoms with Gasteiger partial charge in [0.2, 0.25) is 0 Å². The average molecular weight is 796 g/mol. The lowest BCUT2D eigenvalue weighted by Crippen LogP contribution is -2.01. The molecule has 0 unspecified atom stereocenters. The quantitative estimate of drug-likeness (QED) is 0.163. The Bertz CT molecular complexity index is 3790. The highest BCUT2D eigenvalue weighted by molar-refractivity contribution is 7.26. The van der Waals surface area contributed by atoms with E-state index >= 15 is 0 Å². The number of hydrogen-bond donors (Lipinski definition) is 0. The molecule has 0 aliphatic carbocycles. The van der Waals surface area contributed by atoms with Gasteiger partial charge in [-0.15, -0.1) is 11.3 Å². The monoisotopic (exact) mass is 795 g/mol. The molecule has 4 aromatic heterocycles. The van der Waals surface area contributed by atoms with E-state index in [2.05, 4.69) is 98.9 Å². The van der Waals surface area contributed by atoms with Gasteiger partial charge >= 0.3 is 0 Å². The molecule has 8 heteroatoms. The molecule has 7 nitrogen and oxygen atoms in total. The molecular weight excluding hydrogens is 767 g/mol. The molecule has 61 heavy (non-hydrogen) atoms. The van der Waals surface area contributed by atoms with E-state index < -0.39 is 0 Å². The van der Waals surface area contributed by atoms with Crippen LogP contribution in [0, 0.1) is 17.9 Å². The molecule has 0 bridgehead atoms. The number of para-hydroxylation sites is 2. The van der Waals surface area contributed by atoms with Gasteiger partial charge in [0, 0.05) is 54.0 Å². The minimum atomic E-state index is 0.573. The SMILES string of the molecule is [C-]#[N+]c1ccc2c(c1)c1ccccc1n2-c1cccc2c1sc1c(-c3nc(-c4ccccc4)nc(-c4ccccc4)n3)cc(-n3c4ccccc4c4cc(C#N)ccc43)cc12. The topological polar surface area (TPSA) is 76.7 Å². The zero-order valence-corrected chi connectivity index (χ0v) is 33.1. The van der Waals surface area contributed by atoms with Crippen molar-refractivity contribution in [2.24, 2.45) is 0 Å². The van der Waals surface area contributed by atoms with Gasteiger partial charge < -0.3 is 9.13 Å². The Kier molecular flexibility index (Phi) is 7.70. The van der Waals surface area contributed by atoms with Crippen LogP contribution in [0.3, 0.4) is 0 Å². The third-order valence-electron chi connectivity index (χ3n) is 11.6. The maximum atomic E-state index is 9.90. The molecular formula is C53H29N7S. The summed E-state index contributed by atoms with van der Waals surface area (Å²) in [4.78, 5) is 19.3. The minimum absolute atomic E-state index is 0.573. The largest absolute Gasteiger partial charge is 0.309 e. The van der Waals surface area contributed by atoms with Crippen LogP contribution < -0.4 is 0 Å². The van der Waals surface area contributed by atoms with Crippen molar-refractivity contribution in [3.8, 4) is 51.6 Å². The molecule has 12 rings (SSSR count). The van der Waals surface area contributed by atoms with Gasteiger partial charge in [-0.2, -0.15) is 5.26 Å². The summed E-state index contributed by atoms with van der Waals surface area (Å²) in [6, 6.07) is 62.2. The van der Waals surface area contributed by atoms with Crippen LogP contribution in [0.15, 0.2) is 176 Å². The summed E-state index contributed by atoms with van der Waals surface area (Å²) in [7, 11) is 0. The lowest BCUT2D eigenvalue weighted by Gasteiger charge is -2.13. The zero-order valence-electron chi connectivity index (χ0n) is 32.3. The summed E-state index contributed by atoms with van der Waals surface area (Å²) < 4.78 is 6.80. The van der Waals surface area contributed by atoms with E-state index in [0.29, 0.717) is 28.7 Å². The first-order valence-electron chi connectivity index (χ1n) is 19.9. The zero-order chi connectivity index (χ0) is 40.6. The average Bonchev–Trinajstić information content (AvgIpc) is 3.99. The minimum Gasteiger partial charge on any atom is -0.309 e. The molecule has 0 saturated carbocycles. The second-order valence-electron chi connectivity index (χ2n) is 15.0. The molecule has 0 amide bonds. The van der Waals surface area contributed by atoms with Crippen molar-refractivity contribution in [3.05, 3.63) is 193 Å². The van der Waals surface area contributed by atoms with E-state index in [1.165, 1.54) is 0 Å². The maximum Gasteiger partial charge on any atom is 0.188 e. The summed E-state index contributed by atoms with van der Waals surface area (Å²) in [5.41, 5.74) is 10.1. The van der Waals surface area contributed by atoms with Crippen LogP contribution in [0.4, 0.5) is 5.69 Å². The Balaban J connectivity index is 1.21. The fourth-order valence-corrected chi connectivity index (χ4v) is 10.2. The molecule has 0 fully saturated rings. The number of nitriles is 1. The van der Waals surface area contributed by atoms with Crippen LogP contribution in [0.1, 0.15) is 5.56 Å². The number of fused-ring (bicyclic) bond motifs is 9. The third kappa shape index (κ3) is 5.37. The molecule has 0 spiro atoms. The second kappa shape index (κ2) is 13.6. The first kappa shape index (κ1) is 34.6. The van der Waals surface area contributed by atoms with E-state index in [-0.39, 0.29) is 0 Å². The smallest absolute Gasteiger partial charge is 0.188 e. The first-order chi connectivity index (χ1) is 30.1. The Hall–Kier alpha value is -8.43. The second-order valence-corrected chi connectivity index (χ2v) is 16.0. The Morgan fingerprint density at radius 3 is 1.74 bits per heavy atom. The van der Waals surface area contributed by atoms with Crippen LogP contribution >= 0.6 is 11.3 Å². The highest BCUT2D eigenvalue weighted by Crippen LogP contribution is 2.46. The van der Waals surface area contributed by atoms with E-state index in [4.69, 9.17) is 21.5 Å². The van der Waals surface area contributed by atoms with Crippen molar-refractivity contribution in [1.82, 2.24) is 24.1 Å². The summed E-state index contributed by atoms with van der Waals surface area (Å²) >= 11 is 1.74. The first-order valence-corrected chi connectivity index (χ1v) is 20.7. The lowest BCUT2D eigenvalue weighted by atomic mass is 10.1. The van der Waals surface area contributed by atoms with E-state index in [0.717, 1.165) is 91.8 Å². The van der Waals surface area contributed by atoms with Crippen molar-refractivity contribution in [3.63, 3.8) is 0 Å². The van der Waals surface area contributed by atoms with Crippen LogP contribution in [-0.2, 0) is 0 Å². The van der Waals surface area contributed by atoms with Crippen molar-refractivity contribution in [2.45, 2.75) is 0 Å². The number of aromatic nitrogens is 5. The van der Waals surface area contributed by atoms with Gasteiger partial charge in [0.1, 0.15) is 0 Å². The van der Waals surface area contributed by atoms with E-state index in [1.807, 2.05) is 97.1 Å². The van der Waals surface area contributed by atoms with Gasteiger partial charge in [0.25, 0.3) is 0 Å². The molecule has 0 atom stereocenters. The molecule has 12 aromatic rings. The molecule has 0 N–H and O–H groups in total. The molecule has 0 saturated heterocycles. The van der Waals surface area contributed by atoms with Crippen LogP contribution in [-0.4, -0.2) is 24.1 Å². The van der Waals surface area contributed by atoms with Crippen molar-refractivity contribution in [1.29, 1.82) is 5.26 Å². The molecule has 0 aliphatic heterocycles. The summed E-state index contributed by atoms with van der Waals surface area (Å²) in [6.07, 6.45) is 0. The molecule has 8 aromatic carbocycles. The van der Waals surface area contributed by atoms with E-state index in [9.17, 15) is 5.26 Å². The van der Waals surface area contributed by atoms with Crippen molar-refractivity contribution < 1.29 is 0 Å². The molecule has 282 valence electrons. The summed E-state index contributed by atoms with van der Waals surface area (Å²) in [6.45, 7) is 7.75. The van der Waals surface area contributed by atoms with Gasteiger partial charge in [-0.05, 0) is 66.0 Å². The number of rotatable bonds is 5. The van der Waals surface area contributed by atoms with Gasteiger partial charge in [0.05, 0.1) is 50.7 Å². The Morgan fingerprint density at radius 1 is 0.475 bits per heavy atom. The van der Waals surface area contributed by atoms with Crippen LogP contribution in [0.2, 0.25) is 0 Å². The number of nitrogens with zero attached hydrogens (tertiary/aromatic N) is 7. The highest BCUT2D eigenvalue weighted by atomic mass is 32.1. The molecule has 4 heterocycles. The van der Waals surface area contributed by atoms with Gasteiger partial charge in [0.15, 0.2) is 23.2 Å². The Morgan fingerprint density at radius 2 is 1.05 bits per heavy atom. The predicted molar refractivity (Wildman–Crippen MR) is 249 cm³/mol. The lowest BCUT2D eigenvalue weighted by molar-refractivity contribution is 1.07. The van der Waals surface area contributed by atoms with Crippen LogP contribution in [0.25, 0.3) is 114 Å². The fourth-order valence-electron chi connectivity index (χ4n) is 8.88. The van der Waals surface area contributed by atoms with Gasteiger partial charge in [-0.3, -0.25) is 0 Å². The molecule has 0 aliphatic rings. The number of benzene rings is 8. The van der Waals surface area contributed by atoms with Crippen LogP contribution in [0.5, 0.6) is 0 Å². The third-order valence-corrected chi connectivity index (χ3v) is 12.9. The van der Waals surface area contributed by atoms with Crippen molar-refractivity contribution in [2.75, 3.05) is 0 Å². The molecule has 0 radical (unpaired) electrons. The van der Waals surface area contributed by atoms with E-state index in [1.54, 1.807) is 11.3 Å². The Labute approximate surface area is 353 Å². The number of thiophene rings is 1. The predicted octanol–water partition coefficient (Wildman–Crippen LogP) is 13.9. The highest BCUT2D eigenvalue weighted by Gasteiger charge is 2.23. The van der Waals surface area contributed by atoms with Crippen molar-refractivity contribution >= 4 is 80.8 Å². The standard InChI is InChI=1S/C53H29N7S/c1-55-35-24-26-47-41(28-35)38-18-9-11-21-45(38)60(47)48-22-12-19-39-42-29-36(59-44-20-10-8-17-37(44)40-27-32(31-54)23-25-46(40)59)30-43(49(42)61-50(39)48)53-57-51(33-13-4-2-5-14-33)56-52(58-53)34-15-6-3-7-16-34/h2-30H. The maximum absolute atomic E-state index is 9.90. The van der Waals surface area contributed by atoms with Gasteiger partial charge in [-0.1, -0.05) is 115 Å². The summed E-state index contributed by atoms with van der Waals surface area (Å²) in [5.74, 6) is 1.76. The fraction of sp³-hybridized carbons (Fsp3) is 0. The number of hydrogen-bond acceptors (Lipinski definition) is 5. The summed E-state index contributed by atoms with van der Waals surface area (Å²) in [5, 5.41) is 16.3.